The molecular weight excluding hydrogens is 168 g/mol. The van der Waals surface area contributed by atoms with E-state index in [1.165, 1.54) is 0 Å². The van der Waals surface area contributed by atoms with Crippen LogP contribution in [0.15, 0.2) is 12.1 Å². The molecule has 13 heavy (non-hydrogen) atoms. The molecule has 1 heterocycles. The number of aldehydes is 1. The summed E-state index contributed by atoms with van der Waals surface area (Å²) in [5.41, 5.74) is 1.68. The van der Waals surface area contributed by atoms with Gasteiger partial charge >= 0.3 is 0 Å². The van der Waals surface area contributed by atoms with Crippen LogP contribution >= 0.6 is 0 Å². The molecule has 0 radical (unpaired) electrons. The van der Waals surface area contributed by atoms with Crippen LogP contribution in [0, 0.1) is 0 Å². The SMILES string of the molecule is COc1cc2c(cc1C=O)CCO2. The second kappa shape index (κ2) is 3.09. The number of hydrogen-bond acceptors (Lipinski definition) is 3. The molecule has 0 atom stereocenters. The third kappa shape index (κ3) is 1.26. The van der Waals surface area contributed by atoms with Gasteiger partial charge in [0.15, 0.2) is 6.29 Å². The Morgan fingerprint density at radius 3 is 3.08 bits per heavy atom. The molecule has 3 nitrogen and oxygen atoms in total. The van der Waals surface area contributed by atoms with E-state index in [0.29, 0.717) is 17.9 Å². The van der Waals surface area contributed by atoms with Gasteiger partial charge in [0, 0.05) is 12.5 Å². The minimum absolute atomic E-state index is 0.579. The van der Waals surface area contributed by atoms with Crippen LogP contribution in [-0.2, 0) is 6.42 Å². The second-order valence-electron chi connectivity index (χ2n) is 2.92. The van der Waals surface area contributed by atoms with Crippen LogP contribution in [0.1, 0.15) is 15.9 Å². The average Bonchev–Trinajstić information content (AvgIpc) is 2.62. The molecule has 0 fully saturated rings. The van der Waals surface area contributed by atoms with Crippen LogP contribution < -0.4 is 9.47 Å². The van der Waals surface area contributed by atoms with Crippen LogP contribution in [0.25, 0.3) is 0 Å². The van der Waals surface area contributed by atoms with Gasteiger partial charge in [0.05, 0.1) is 19.3 Å². The number of carbonyl (C=O) groups excluding carboxylic acids is 1. The summed E-state index contributed by atoms with van der Waals surface area (Å²) in [7, 11) is 1.55. The molecule has 0 saturated carbocycles. The molecule has 0 amide bonds. The van der Waals surface area contributed by atoms with Crippen molar-refractivity contribution < 1.29 is 14.3 Å². The van der Waals surface area contributed by atoms with E-state index >= 15 is 0 Å². The van der Waals surface area contributed by atoms with Crippen molar-refractivity contribution in [2.24, 2.45) is 0 Å². The Morgan fingerprint density at radius 1 is 1.54 bits per heavy atom. The van der Waals surface area contributed by atoms with E-state index < -0.39 is 0 Å². The molecule has 1 aliphatic heterocycles. The third-order valence-corrected chi connectivity index (χ3v) is 2.17. The van der Waals surface area contributed by atoms with E-state index in [-0.39, 0.29) is 0 Å². The van der Waals surface area contributed by atoms with Crippen molar-refractivity contribution in [3.05, 3.63) is 23.3 Å². The fourth-order valence-corrected chi connectivity index (χ4v) is 1.49. The monoisotopic (exact) mass is 178 g/mol. The van der Waals surface area contributed by atoms with Gasteiger partial charge < -0.3 is 9.47 Å². The number of fused-ring (bicyclic) bond motifs is 1. The van der Waals surface area contributed by atoms with E-state index in [0.717, 1.165) is 24.0 Å². The Kier molecular flexibility index (Phi) is 1.93. The Balaban J connectivity index is 2.53. The van der Waals surface area contributed by atoms with Crippen LogP contribution in [0.5, 0.6) is 11.5 Å². The number of ether oxygens (including phenoxy) is 2. The molecular formula is C10H10O3. The van der Waals surface area contributed by atoms with Gasteiger partial charge in [-0.05, 0) is 11.6 Å². The average molecular weight is 178 g/mol. The number of rotatable bonds is 2. The van der Waals surface area contributed by atoms with Crippen molar-refractivity contribution in [2.45, 2.75) is 6.42 Å². The maximum Gasteiger partial charge on any atom is 0.153 e. The molecule has 0 aliphatic carbocycles. The van der Waals surface area contributed by atoms with Gasteiger partial charge in [-0.15, -0.1) is 0 Å². The molecule has 1 aliphatic rings. The summed E-state index contributed by atoms with van der Waals surface area (Å²) >= 11 is 0. The highest BCUT2D eigenvalue weighted by Gasteiger charge is 2.15. The summed E-state index contributed by atoms with van der Waals surface area (Å²) < 4.78 is 10.4. The van der Waals surface area contributed by atoms with Crippen molar-refractivity contribution in [2.75, 3.05) is 13.7 Å². The van der Waals surface area contributed by atoms with E-state index in [1.807, 2.05) is 6.07 Å². The van der Waals surface area contributed by atoms with Crippen molar-refractivity contribution in [3.63, 3.8) is 0 Å². The topological polar surface area (TPSA) is 35.5 Å². The molecule has 0 bridgehead atoms. The zero-order valence-corrected chi connectivity index (χ0v) is 7.37. The normalized spacial score (nSPS) is 13.3. The molecule has 3 heteroatoms. The van der Waals surface area contributed by atoms with Gasteiger partial charge in [-0.3, -0.25) is 4.79 Å². The van der Waals surface area contributed by atoms with E-state index in [9.17, 15) is 4.79 Å². The lowest BCUT2D eigenvalue weighted by atomic mass is 10.1. The zero-order chi connectivity index (χ0) is 9.26. The van der Waals surface area contributed by atoms with Gasteiger partial charge in [-0.25, -0.2) is 0 Å². The summed E-state index contributed by atoms with van der Waals surface area (Å²) in [6.07, 6.45) is 1.68. The first-order valence-corrected chi connectivity index (χ1v) is 4.14. The number of methoxy groups -OCH3 is 1. The highest BCUT2D eigenvalue weighted by molar-refractivity contribution is 5.80. The fraction of sp³-hybridized carbons (Fsp3) is 0.300. The van der Waals surface area contributed by atoms with Crippen molar-refractivity contribution >= 4 is 6.29 Å². The lowest BCUT2D eigenvalue weighted by Crippen LogP contribution is -1.91. The molecule has 0 N–H and O–H groups in total. The second-order valence-corrected chi connectivity index (χ2v) is 2.92. The van der Waals surface area contributed by atoms with Crippen molar-refractivity contribution in [3.8, 4) is 11.5 Å². The largest absolute Gasteiger partial charge is 0.496 e. The van der Waals surface area contributed by atoms with E-state index in [1.54, 1.807) is 13.2 Å². The maximum atomic E-state index is 10.7. The predicted octanol–water partition coefficient (Wildman–Crippen LogP) is 1.44. The molecule has 68 valence electrons. The molecule has 0 aromatic heterocycles. The molecule has 1 aromatic carbocycles. The van der Waals surface area contributed by atoms with Crippen molar-refractivity contribution in [1.82, 2.24) is 0 Å². The Bertz CT molecular complexity index is 344. The number of hydrogen-bond donors (Lipinski definition) is 0. The minimum Gasteiger partial charge on any atom is -0.496 e. The van der Waals surface area contributed by atoms with Crippen LogP contribution in [-0.4, -0.2) is 20.0 Å². The molecule has 0 spiro atoms. The standard InChI is InChI=1S/C10H10O3/c1-12-9-5-10-7(2-3-13-10)4-8(9)6-11/h4-6H,2-3H2,1H3. The van der Waals surface area contributed by atoms with E-state index in [4.69, 9.17) is 9.47 Å². The summed E-state index contributed by atoms with van der Waals surface area (Å²) in [5, 5.41) is 0. The van der Waals surface area contributed by atoms with Crippen LogP contribution in [0.3, 0.4) is 0 Å². The molecule has 0 saturated heterocycles. The first-order valence-electron chi connectivity index (χ1n) is 4.14. The number of carbonyl (C=O) groups is 1. The molecule has 2 rings (SSSR count). The zero-order valence-electron chi connectivity index (χ0n) is 7.37. The smallest absolute Gasteiger partial charge is 0.153 e. The summed E-state index contributed by atoms with van der Waals surface area (Å²) in [4.78, 5) is 10.7. The third-order valence-electron chi connectivity index (χ3n) is 2.17. The maximum absolute atomic E-state index is 10.7. The fourth-order valence-electron chi connectivity index (χ4n) is 1.49. The lowest BCUT2D eigenvalue weighted by molar-refractivity contribution is 0.112. The summed E-state index contributed by atoms with van der Waals surface area (Å²) in [6.45, 7) is 0.695. The predicted molar refractivity (Wildman–Crippen MR) is 47.6 cm³/mol. The Morgan fingerprint density at radius 2 is 2.38 bits per heavy atom. The molecule has 1 aromatic rings. The Hall–Kier alpha value is -1.51. The van der Waals surface area contributed by atoms with Gasteiger partial charge in [-0.2, -0.15) is 0 Å². The van der Waals surface area contributed by atoms with Gasteiger partial charge in [0.2, 0.25) is 0 Å². The Labute approximate surface area is 76.3 Å². The van der Waals surface area contributed by atoms with Gasteiger partial charge in [-0.1, -0.05) is 0 Å². The lowest BCUT2D eigenvalue weighted by Gasteiger charge is -2.05. The quantitative estimate of drug-likeness (QED) is 0.643. The highest BCUT2D eigenvalue weighted by Crippen LogP contribution is 2.31. The van der Waals surface area contributed by atoms with E-state index in [2.05, 4.69) is 0 Å². The van der Waals surface area contributed by atoms with Crippen LogP contribution in [0.2, 0.25) is 0 Å². The first-order chi connectivity index (χ1) is 6.35. The van der Waals surface area contributed by atoms with Gasteiger partial charge in [0.25, 0.3) is 0 Å². The van der Waals surface area contributed by atoms with Gasteiger partial charge in [0.1, 0.15) is 11.5 Å². The van der Waals surface area contributed by atoms with Crippen LogP contribution in [0.4, 0.5) is 0 Å². The first kappa shape index (κ1) is 8.10. The number of benzene rings is 1. The highest BCUT2D eigenvalue weighted by atomic mass is 16.5. The minimum atomic E-state index is 0.579. The van der Waals surface area contributed by atoms with Crippen molar-refractivity contribution in [1.29, 1.82) is 0 Å². The summed E-state index contributed by atoms with van der Waals surface area (Å²) in [5.74, 6) is 1.41. The molecule has 0 unspecified atom stereocenters. The summed E-state index contributed by atoms with van der Waals surface area (Å²) in [6, 6.07) is 3.60.